The molecule has 14 heavy (non-hydrogen) atoms. The van der Waals surface area contributed by atoms with Crippen LogP contribution in [0.3, 0.4) is 0 Å². The highest BCUT2D eigenvalue weighted by Crippen LogP contribution is 2.26. The van der Waals surface area contributed by atoms with Gasteiger partial charge in [0, 0.05) is 5.02 Å². The molecule has 0 saturated heterocycles. The summed E-state index contributed by atoms with van der Waals surface area (Å²) in [5, 5.41) is 0.291. The molecule has 0 heterocycles. The van der Waals surface area contributed by atoms with Crippen molar-refractivity contribution in [3.63, 3.8) is 0 Å². The van der Waals surface area contributed by atoms with Crippen LogP contribution in [0.25, 0.3) is 0 Å². The van der Waals surface area contributed by atoms with Crippen LogP contribution >= 0.6 is 11.6 Å². The first kappa shape index (κ1) is 11.3. The Hall–Kier alpha value is -0.820. The quantitative estimate of drug-likeness (QED) is 0.592. The Morgan fingerprint density at radius 2 is 2.14 bits per heavy atom. The molecule has 0 aliphatic carbocycles. The Bertz CT molecular complexity index is 433. The molecule has 0 saturated carbocycles. The fraction of sp³-hybridized carbons (Fsp3) is 0.143. The average molecular weight is 237 g/mol. The molecule has 0 aliphatic heterocycles. The summed E-state index contributed by atoms with van der Waals surface area (Å²) in [7, 11) is -2.39. The van der Waals surface area contributed by atoms with Crippen LogP contribution in [-0.4, -0.2) is 15.5 Å². The lowest BCUT2D eigenvalue weighted by Gasteiger charge is -2.08. The molecule has 0 aliphatic rings. The molecule has 1 aromatic rings. The van der Waals surface area contributed by atoms with Crippen molar-refractivity contribution in [3.8, 4) is 5.75 Å². The van der Waals surface area contributed by atoms with E-state index < -0.39 is 10.0 Å². The fourth-order valence-electron chi connectivity index (χ4n) is 0.924. The average Bonchev–Trinajstić information content (AvgIpc) is 2.18. The Morgan fingerprint density at radius 3 is 2.64 bits per heavy atom. The van der Waals surface area contributed by atoms with E-state index in [1.54, 1.807) is 4.83 Å². The van der Waals surface area contributed by atoms with Gasteiger partial charge < -0.3 is 4.74 Å². The number of nitrogens with one attached hydrogen (secondary N) is 1. The van der Waals surface area contributed by atoms with Crippen LogP contribution < -0.4 is 15.4 Å². The number of sulfonamides is 1. The molecule has 0 aromatic heterocycles. The lowest BCUT2D eigenvalue weighted by molar-refractivity contribution is 0.402. The first-order valence-electron chi connectivity index (χ1n) is 3.57. The molecule has 0 unspecified atom stereocenters. The Balaban J connectivity index is 3.39. The van der Waals surface area contributed by atoms with Crippen LogP contribution in [0.15, 0.2) is 23.1 Å². The summed E-state index contributed by atoms with van der Waals surface area (Å²) in [6.07, 6.45) is 0. The highest BCUT2D eigenvalue weighted by atomic mass is 35.5. The summed E-state index contributed by atoms with van der Waals surface area (Å²) in [6, 6.07) is 4.23. The van der Waals surface area contributed by atoms with Crippen molar-refractivity contribution in [2.75, 3.05) is 7.11 Å². The summed E-state index contributed by atoms with van der Waals surface area (Å²) in [6.45, 7) is 0. The molecule has 0 bridgehead atoms. The van der Waals surface area contributed by atoms with E-state index in [4.69, 9.17) is 22.2 Å². The van der Waals surface area contributed by atoms with Gasteiger partial charge >= 0.3 is 0 Å². The second-order valence-electron chi connectivity index (χ2n) is 2.42. The maximum atomic E-state index is 11.4. The van der Waals surface area contributed by atoms with E-state index in [1.165, 1.54) is 25.3 Å². The minimum Gasteiger partial charge on any atom is -0.495 e. The van der Waals surface area contributed by atoms with Crippen molar-refractivity contribution in [2.24, 2.45) is 5.84 Å². The zero-order valence-corrected chi connectivity index (χ0v) is 8.89. The Morgan fingerprint density at radius 1 is 1.50 bits per heavy atom. The number of hydrogen-bond acceptors (Lipinski definition) is 4. The van der Waals surface area contributed by atoms with Gasteiger partial charge in [0.15, 0.2) is 0 Å². The number of hydrogen-bond donors (Lipinski definition) is 2. The third kappa shape index (κ3) is 2.16. The smallest absolute Gasteiger partial charge is 0.256 e. The molecule has 7 heteroatoms. The third-order valence-electron chi connectivity index (χ3n) is 1.57. The number of benzene rings is 1. The Kier molecular flexibility index (Phi) is 3.33. The van der Waals surface area contributed by atoms with Crippen LogP contribution in [-0.2, 0) is 10.0 Å². The molecular weight excluding hydrogens is 228 g/mol. The Labute approximate surface area is 86.8 Å². The van der Waals surface area contributed by atoms with E-state index in [-0.39, 0.29) is 10.6 Å². The van der Waals surface area contributed by atoms with Crippen molar-refractivity contribution in [1.82, 2.24) is 4.83 Å². The van der Waals surface area contributed by atoms with Gasteiger partial charge in [-0.05, 0) is 18.2 Å². The highest BCUT2D eigenvalue weighted by molar-refractivity contribution is 7.89. The lowest BCUT2D eigenvalue weighted by Crippen LogP contribution is -2.30. The molecule has 78 valence electrons. The van der Waals surface area contributed by atoms with Gasteiger partial charge in [-0.15, -0.1) is 4.83 Å². The van der Waals surface area contributed by atoms with E-state index in [1.807, 2.05) is 0 Å². The van der Waals surface area contributed by atoms with E-state index in [9.17, 15) is 8.42 Å². The van der Waals surface area contributed by atoms with Gasteiger partial charge in [-0.1, -0.05) is 11.6 Å². The van der Waals surface area contributed by atoms with Crippen LogP contribution in [0.4, 0.5) is 0 Å². The number of halogens is 1. The summed E-state index contributed by atoms with van der Waals surface area (Å²) in [5.74, 6) is 5.06. The zero-order valence-electron chi connectivity index (χ0n) is 7.32. The number of hydrazine groups is 1. The molecule has 0 atom stereocenters. The van der Waals surface area contributed by atoms with Gasteiger partial charge in [0.2, 0.25) is 0 Å². The van der Waals surface area contributed by atoms with Crippen molar-refractivity contribution in [1.29, 1.82) is 0 Å². The van der Waals surface area contributed by atoms with Crippen molar-refractivity contribution >= 4 is 21.6 Å². The first-order valence-corrected chi connectivity index (χ1v) is 5.43. The summed E-state index contributed by atoms with van der Waals surface area (Å²) < 4.78 is 27.6. The SMILES string of the molecule is COc1ccc(Cl)cc1S(=O)(=O)NN. The molecule has 1 aromatic carbocycles. The maximum Gasteiger partial charge on any atom is 0.256 e. The standard InChI is InChI=1S/C7H9ClN2O3S/c1-13-6-3-2-5(8)4-7(6)14(11,12)10-9/h2-4,10H,9H2,1H3. The van der Waals surface area contributed by atoms with Gasteiger partial charge in [-0.2, -0.15) is 0 Å². The second kappa shape index (κ2) is 4.14. The normalized spacial score (nSPS) is 11.4. The van der Waals surface area contributed by atoms with Crippen LogP contribution in [0.2, 0.25) is 5.02 Å². The topological polar surface area (TPSA) is 81.4 Å². The van der Waals surface area contributed by atoms with Gasteiger partial charge in [0.1, 0.15) is 10.6 Å². The molecule has 5 nitrogen and oxygen atoms in total. The molecule has 3 N–H and O–H groups in total. The van der Waals surface area contributed by atoms with Crippen molar-refractivity contribution in [2.45, 2.75) is 4.90 Å². The third-order valence-corrected chi connectivity index (χ3v) is 3.01. The highest BCUT2D eigenvalue weighted by Gasteiger charge is 2.17. The fourth-order valence-corrected chi connectivity index (χ4v) is 1.99. The maximum absolute atomic E-state index is 11.4. The van der Waals surface area contributed by atoms with Gasteiger partial charge in [0.25, 0.3) is 10.0 Å². The molecule has 0 amide bonds. The number of methoxy groups -OCH3 is 1. The van der Waals surface area contributed by atoms with E-state index >= 15 is 0 Å². The number of rotatable bonds is 3. The van der Waals surface area contributed by atoms with E-state index in [0.29, 0.717) is 5.02 Å². The molecular formula is C7H9ClN2O3S. The van der Waals surface area contributed by atoms with Crippen molar-refractivity contribution < 1.29 is 13.2 Å². The van der Waals surface area contributed by atoms with E-state index in [2.05, 4.69) is 0 Å². The monoisotopic (exact) mass is 236 g/mol. The molecule has 0 spiro atoms. The summed E-state index contributed by atoms with van der Waals surface area (Å²) in [4.78, 5) is 1.61. The predicted octanol–water partition coefficient (Wildman–Crippen LogP) is 0.501. The van der Waals surface area contributed by atoms with Gasteiger partial charge in [-0.3, -0.25) is 5.84 Å². The second-order valence-corrected chi connectivity index (χ2v) is 4.54. The van der Waals surface area contributed by atoms with Gasteiger partial charge in [0.05, 0.1) is 7.11 Å². The zero-order chi connectivity index (χ0) is 10.8. The first-order chi connectivity index (χ1) is 6.51. The summed E-state index contributed by atoms with van der Waals surface area (Å²) in [5.41, 5.74) is 0. The summed E-state index contributed by atoms with van der Waals surface area (Å²) >= 11 is 5.65. The number of nitrogens with two attached hydrogens (primary N) is 1. The minimum absolute atomic E-state index is 0.0880. The van der Waals surface area contributed by atoms with Crippen LogP contribution in [0.5, 0.6) is 5.75 Å². The minimum atomic E-state index is -3.75. The van der Waals surface area contributed by atoms with Crippen LogP contribution in [0.1, 0.15) is 0 Å². The predicted molar refractivity (Wildman–Crippen MR) is 52.5 cm³/mol. The van der Waals surface area contributed by atoms with Crippen molar-refractivity contribution in [3.05, 3.63) is 23.2 Å². The molecule has 0 fully saturated rings. The molecule has 0 radical (unpaired) electrons. The number of ether oxygens (including phenoxy) is 1. The van der Waals surface area contributed by atoms with Crippen LogP contribution in [0, 0.1) is 0 Å². The van der Waals surface area contributed by atoms with E-state index in [0.717, 1.165) is 0 Å². The lowest BCUT2D eigenvalue weighted by atomic mass is 10.3. The van der Waals surface area contributed by atoms with Gasteiger partial charge in [-0.25, -0.2) is 8.42 Å². The molecule has 1 rings (SSSR count). The largest absolute Gasteiger partial charge is 0.495 e.